The van der Waals surface area contributed by atoms with E-state index >= 15 is 0 Å². The third-order valence-electron chi connectivity index (χ3n) is 20.0. The van der Waals surface area contributed by atoms with E-state index in [0.29, 0.717) is 77.8 Å². The molecule has 0 unspecified atom stereocenters. The second-order valence-electron chi connectivity index (χ2n) is 26.6. The second-order valence-corrected chi connectivity index (χ2v) is 31.3. The van der Waals surface area contributed by atoms with Gasteiger partial charge in [0.05, 0.1) is 38.5 Å². The number of alkyl halides is 1. The van der Waals surface area contributed by atoms with Crippen LogP contribution in [0.4, 0.5) is 10.6 Å². The minimum atomic E-state index is -3.17. The smallest absolute Gasteiger partial charge is 0.407 e. The third kappa shape index (κ3) is 18.5. The van der Waals surface area contributed by atoms with Crippen molar-refractivity contribution < 1.29 is 45.4 Å². The Morgan fingerprint density at radius 1 is 0.576 bits per heavy atom. The summed E-state index contributed by atoms with van der Waals surface area (Å²) < 4.78 is 73.5. The topological polar surface area (TPSA) is 232 Å². The summed E-state index contributed by atoms with van der Waals surface area (Å²) in [5.41, 5.74) is 14.3. The lowest BCUT2D eigenvalue weighted by atomic mass is 9.92. The molecule has 0 bridgehead atoms. The van der Waals surface area contributed by atoms with Crippen LogP contribution in [0, 0.1) is 11.8 Å². The highest BCUT2D eigenvalue weighted by atomic mass is 79.9. The first-order valence-electron chi connectivity index (χ1n) is 34.8. The Labute approximate surface area is 590 Å². The Hall–Kier alpha value is -8.03. The van der Waals surface area contributed by atoms with E-state index in [1.54, 1.807) is 11.0 Å². The minimum absolute atomic E-state index is 0.0334. The van der Waals surface area contributed by atoms with Crippen molar-refractivity contribution in [1.29, 1.82) is 0 Å². The lowest BCUT2D eigenvalue weighted by Gasteiger charge is -2.32. The normalized spacial score (nSPS) is 16.9. The number of ether oxygens (including phenoxy) is 4. The average molecular weight is 1450 g/mol. The van der Waals surface area contributed by atoms with Crippen molar-refractivity contribution in [2.75, 3.05) is 102 Å². The van der Waals surface area contributed by atoms with E-state index in [-0.39, 0.29) is 24.4 Å². The lowest BCUT2D eigenvalue weighted by molar-refractivity contribution is -0.143. The van der Waals surface area contributed by atoms with E-state index in [2.05, 4.69) is 129 Å². The highest BCUT2D eigenvalue weighted by Crippen LogP contribution is 2.46. The number of esters is 1. The molecule has 24 heteroatoms. The number of carbonyl (C=O) groups is 2. The number of benzene rings is 6. The fourth-order valence-corrected chi connectivity index (χ4v) is 16.4. The number of aromatic nitrogens is 3. The molecule has 1 amide bonds. The van der Waals surface area contributed by atoms with Gasteiger partial charge in [-0.25, -0.2) is 21.6 Å². The van der Waals surface area contributed by atoms with Crippen LogP contribution in [0.15, 0.2) is 155 Å². The molecule has 2 saturated heterocycles. The first-order chi connectivity index (χ1) is 48.1. The molecule has 0 atom stereocenters. The zero-order chi connectivity index (χ0) is 68.7. The number of likely N-dealkylation sites (tertiary alicyclic amines) is 1. The fourth-order valence-electron chi connectivity index (χ4n) is 14.5. The lowest BCUT2D eigenvalue weighted by Crippen LogP contribution is -2.39. The van der Waals surface area contributed by atoms with E-state index < -0.39 is 26.1 Å². The van der Waals surface area contributed by atoms with Gasteiger partial charge in [0.15, 0.2) is 11.7 Å². The van der Waals surface area contributed by atoms with Crippen LogP contribution in [-0.2, 0) is 66.8 Å². The number of piperidine rings is 2. The number of anilines is 1. The zero-order valence-electron chi connectivity index (χ0n) is 56.6. The molecule has 5 aliphatic heterocycles. The zero-order valence-corrected chi connectivity index (χ0v) is 59.9. The van der Waals surface area contributed by atoms with Gasteiger partial charge >= 0.3 is 12.1 Å². The van der Waals surface area contributed by atoms with Gasteiger partial charge in [-0.15, -0.1) is 10.2 Å². The molecule has 0 saturated carbocycles. The fraction of sp³-hybridized carbons (Fsp3) is 0.453. The number of alkyl carbamates (subject to hydrolysis) is 1. The first-order valence-corrected chi connectivity index (χ1v) is 39.6. The van der Waals surface area contributed by atoms with Crippen molar-refractivity contribution in [1.82, 2.24) is 33.8 Å². The molecule has 0 radical (unpaired) electrons. The number of rotatable bonds is 23. The second kappa shape index (κ2) is 33.4. The van der Waals surface area contributed by atoms with E-state index in [0.717, 1.165) is 123 Å². The maximum atomic E-state index is 12.5. The first kappa shape index (κ1) is 70.8. The average Bonchev–Trinajstić information content (AvgIpc) is 1.63. The number of halogens is 1. The summed E-state index contributed by atoms with van der Waals surface area (Å²) in [7, 11) is -6.30. The van der Waals surface area contributed by atoms with Crippen LogP contribution in [0.25, 0.3) is 22.3 Å². The number of fused-ring (bicyclic) bond motifs is 8. The number of hydrogen-bond donors (Lipinski definition) is 1. The molecule has 524 valence electrons. The number of nitrogens with one attached hydrogen (secondary N) is 1. The van der Waals surface area contributed by atoms with Crippen molar-refractivity contribution >= 4 is 59.7 Å². The third-order valence-corrected chi connectivity index (χ3v) is 23.0. The van der Waals surface area contributed by atoms with Gasteiger partial charge < -0.3 is 34.1 Å². The summed E-state index contributed by atoms with van der Waals surface area (Å²) >= 11 is 3.33. The van der Waals surface area contributed by atoms with Gasteiger partial charge in [-0.2, -0.15) is 23.6 Å². The predicted octanol–water partition coefficient (Wildman–Crippen LogP) is 12.4. The Bertz CT molecular complexity index is 4140. The molecule has 14 rings (SSSR count). The van der Waals surface area contributed by atoms with Crippen LogP contribution in [0.2, 0.25) is 0 Å². The van der Waals surface area contributed by atoms with E-state index in [4.69, 9.17) is 18.9 Å². The molecular formula is C75H90BrN11O10S2. The SMILES string of the molecule is CS(=O)(=O)N1CCc2cc(OCCCC3CCN(C4=NN=NC4)CC3)ccc2C1.CS(=O)(=O)N1CCc2cc(OCCCC3CCN(c4cnn(CCNC(=O)OCC5c6ccccc6-c6ccccc65)n4)CC3)ccc2C1.O=C(CCCBr)OCC1c2ccccc2-c2ccccc21. The number of carbonyl (C=O) groups excluding carboxylic acids is 2. The van der Waals surface area contributed by atoms with Crippen molar-refractivity contribution in [3.8, 4) is 33.8 Å². The molecule has 1 N–H and O–H groups in total. The highest BCUT2D eigenvalue weighted by Gasteiger charge is 2.32. The largest absolute Gasteiger partial charge is 0.494 e. The number of amides is 1. The summed E-state index contributed by atoms with van der Waals surface area (Å²) in [6.45, 7) is 9.51. The Balaban J connectivity index is 0.000000157. The van der Waals surface area contributed by atoms with Gasteiger partial charge in [0, 0.05) is 82.5 Å². The van der Waals surface area contributed by atoms with E-state index in [9.17, 15) is 26.4 Å². The van der Waals surface area contributed by atoms with Crippen LogP contribution < -0.4 is 19.7 Å². The standard InChI is InChI=1S/C37H44N6O5S.C20H29N5O3S.C18H17BrO2/c1-49(45,46)42-20-16-28-23-30(13-12-29(28)25-42)47-22-6-7-27-14-18-41(19-15-27)36-24-39-43(40-36)21-17-38-37(44)48-26-35-33-10-4-2-8-31(33)32-9-3-5-11-34(32)35;1-29(26,27)25-11-8-17-13-19(5-4-18(17)15-25)28-12-2-3-16-6-9-24(10-7-16)20-14-21-23-22-20;19-11-5-10-18(20)21-12-17-15-8-3-1-6-13(15)14-7-2-4-9-16(14)17/h2-5,8-13,23-24,27,35H,6-7,14-22,25-26H2,1H3,(H,38,44);4-5,13,16H,2-3,6-12,14-15H2,1H3;1-4,6-9,17H,5,10-12H2. The summed E-state index contributed by atoms with van der Waals surface area (Å²) in [5.74, 6) is 5.11. The maximum absolute atomic E-state index is 12.5. The Kier molecular flexibility index (Phi) is 23.9. The quantitative estimate of drug-likeness (QED) is 0.0357. The molecule has 6 aromatic carbocycles. The Morgan fingerprint density at radius 3 is 1.52 bits per heavy atom. The summed E-state index contributed by atoms with van der Waals surface area (Å²) in [6, 6.07) is 45.4. The van der Waals surface area contributed by atoms with Gasteiger partial charge in [0.25, 0.3) is 0 Å². The summed E-state index contributed by atoms with van der Waals surface area (Å²) in [5, 5.41) is 24.5. The van der Waals surface area contributed by atoms with Crippen molar-refractivity contribution in [2.24, 2.45) is 27.3 Å². The molecule has 21 nitrogen and oxygen atoms in total. The maximum Gasteiger partial charge on any atom is 0.407 e. The van der Waals surface area contributed by atoms with Gasteiger partial charge in [-0.3, -0.25) is 4.79 Å². The van der Waals surface area contributed by atoms with Gasteiger partial charge in [0.1, 0.15) is 31.3 Å². The van der Waals surface area contributed by atoms with Crippen molar-refractivity contribution in [3.63, 3.8) is 0 Å². The molecule has 7 aromatic rings. The van der Waals surface area contributed by atoms with E-state index in [1.807, 2.05) is 60.7 Å². The molecule has 2 fully saturated rings. The van der Waals surface area contributed by atoms with Crippen LogP contribution in [0.3, 0.4) is 0 Å². The molecular weight excluding hydrogens is 1360 g/mol. The van der Waals surface area contributed by atoms with Crippen LogP contribution in [0.1, 0.15) is 121 Å². The van der Waals surface area contributed by atoms with Crippen LogP contribution >= 0.6 is 15.9 Å². The van der Waals surface area contributed by atoms with Gasteiger partial charge in [0.2, 0.25) is 20.0 Å². The number of sulfonamides is 2. The molecule has 2 aliphatic carbocycles. The van der Waals surface area contributed by atoms with Crippen LogP contribution in [-0.4, -0.2) is 160 Å². The van der Waals surface area contributed by atoms with Crippen molar-refractivity contribution in [3.05, 3.63) is 184 Å². The van der Waals surface area contributed by atoms with Crippen LogP contribution in [0.5, 0.6) is 11.5 Å². The summed E-state index contributed by atoms with van der Waals surface area (Å²) in [4.78, 5) is 30.5. The highest BCUT2D eigenvalue weighted by molar-refractivity contribution is 9.09. The minimum Gasteiger partial charge on any atom is -0.494 e. The predicted molar refractivity (Wildman–Crippen MR) is 387 cm³/mol. The number of hydrogen-bond acceptors (Lipinski definition) is 17. The van der Waals surface area contributed by atoms with Gasteiger partial charge in [-0.05, 0) is 179 Å². The molecule has 6 heterocycles. The monoisotopic (exact) mass is 1450 g/mol. The van der Waals surface area contributed by atoms with Gasteiger partial charge in [-0.1, -0.05) is 125 Å². The molecule has 99 heavy (non-hydrogen) atoms. The summed E-state index contributed by atoms with van der Waals surface area (Å²) in [6.07, 6.45) is 15.6. The number of nitrogens with zero attached hydrogens (tertiary/aromatic N) is 10. The van der Waals surface area contributed by atoms with E-state index in [1.165, 1.54) is 96.0 Å². The Morgan fingerprint density at radius 2 is 1.05 bits per heavy atom. The number of amidine groups is 1. The molecule has 1 aromatic heterocycles. The molecule has 7 aliphatic rings. The van der Waals surface area contributed by atoms with Crippen molar-refractivity contribution in [2.45, 2.75) is 109 Å². The molecule has 0 spiro atoms.